The number of thiazole rings is 1. The zero-order valence-electron chi connectivity index (χ0n) is 81.3. The Morgan fingerprint density at radius 2 is 1.06 bits per heavy atom. The molecule has 6 aliphatic rings. The van der Waals surface area contributed by atoms with Crippen LogP contribution in [0.25, 0.3) is 32.8 Å². The molecule has 19 heterocycles. The molecule has 15 aromatic rings. The molecule has 28 heteroatoms. The Morgan fingerprint density at radius 3 is 1.68 bits per heavy atom. The molecule has 1 aromatic carbocycles. The number of pyridine rings is 2. The van der Waals surface area contributed by atoms with E-state index in [9.17, 15) is 0 Å². The van der Waals surface area contributed by atoms with E-state index in [1.807, 2.05) is 95.3 Å². The number of hydrogen-bond acceptors (Lipinski definition) is 19. The Labute approximate surface area is 768 Å². The summed E-state index contributed by atoms with van der Waals surface area (Å²) in [7, 11) is 0. The summed E-state index contributed by atoms with van der Waals surface area (Å²) in [6, 6.07) is 23.9. The number of nitrogens with one attached hydrogen (secondary N) is 5. The van der Waals surface area contributed by atoms with E-state index in [0.717, 1.165) is 151 Å². The summed E-state index contributed by atoms with van der Waals surface area (Å²) < 4.78 is 32.1. The molecule has 21 rings (SSSR count). The molecule has 0 spiro atoms. The summed E-state index contributed by atoms with van der Waals surface area (Å²) in [6.45, 7) is 58.7. The highest BCUT2D eigenvalue weighted by Gasteiger charge is 2.24. The summed E-state index contributed by atoms with van der Waals surface area (Å²) >= 11 is 1.68. The molecule has 0 unspecified atom stereocenters. The first-order valence-corrected chi connectivity index (χ1v) is 48.0. The Morgan fingerprint density at radius 1 is 0.457 bits per heavy atom. The number of benzene rings is 1. The molecule has 5 aliphatic heterocycles. The van der Waals surface area contributed by atoms with Gasteiger partial charge in [0.1, 0.15) is 28.9 Å². The molecule has 696 valence electrons. The fourth-order valence-electron chi connectivity index (χ4n) is 14.6. The third-order valence-corrected chi connectivity index (χ3v) is 22.8. The van der Waals surface area contributed by atoms with Crippen LogP contribution in [-0.2, 0) is 81.0 Å². The van der Waals surface area contributed by atoms with Crippen LogP contribution in [0.4, 0.5) is 0 Å². The van der Waals surface area contributed by atoms with E-state index in [1.165, 1.54) is 120 Å². The SMILES string of the molecule is CC(C)C.CC(C)c1cc2n(n1)CCCO2.CC(C)c1cccnn1.CC(C)c1cn2c(n1)CCCC2.CC(C)c1cn2c(n1)CNCC2.CC(C)c1cn2ccccc2n1.CC(C)c1cn2ccsc2n1.CC(C)c1n[nH]c2c1CCCC2.CC(C)c1n[nH]c2c1COCC2.CC(C)c1nc2ccccc2[nH]1.CC(C)c1noc2c1COCC2.c1cnc2nc[nH]c2c1. The van der Waals surface area contributed by atoms with Gasteiger partial charge in [-0.3, -0.25) is 14.6 Å². The first kappa shape index (κ1) is 100. The highest BCUT2D eigenvalue weighted by Crippen LogP contribution is 2.30. The maximum atomic E-state index is 5.45. The van der Waals surface area contributed by atoms with Crippen molar-refractivity contribution in [3.8, 4) is 5.88 Å². The van der Waals surface area contributed by atoms with Crippen molar-refractivity contribution >= 4 is 44.1 Å². The highest BCUT2D eigenvalue weighted by atomic mass is 32.1. The number of aromatic nitrogens is 22. The number of rotatable bonds is 10. The van der Waals surface area contributed by atoms with Crippen molar-refractivity contribution < 1.29 is 18.7 Å². The molecule has 0 saturated carbocycles. The molecule has 27 nitrogen and oxygen atoms in total. The topological polar surface area (TPSA) is 307 Å². The van der Waals surface area contributed by atoms with Gasteiger partial charge in [0.25, 0.3) is 0 Å². The third kappa shape index (κ3) is 30.1. The average Bonchev–Trinajstić information content (AvgIpc) is 1.69. The van der Waals surface area contributed by atoms with E-state index in [0.29, 0.717) is 65.8 Å². The van der Waals surface area contributed by atoms with Crippen LogP contribution in [0.3, 0.4) is 0 Å². The number of H-pyrrole nitrogens is 4. The molecule has 0 bridgehead atoms. The Hall–Kier alpha value is -10.8. The first-order valence-electron chi connectivity index (χ1n) is 47.1. The lowest BCUT2D eigenvalue weighted by Gasteiger charge is -2.13. The van der Waals surface area contributed by atoms with Gasteiger partial charge < -0.3 is 47.6 Å². The lowest BCUT2D eigenvalue weighted by molar-refractivity contribution is 0.102. The number of ether oxygens (including phenoxy) is 3. The van der Waals surface area contributed by atoms with Crippen LogP contribution in [0, 0.1) is 5.92 Å². The van der Waals surface area contributed by atoms with E-state index < -0.39 is 0 Å². The first-order chi connectivity index (χ1) is 62.0. The molecule has 0 amide bonds. The Balaban J connectivity index is 0.000000147. The van der Waals surface area contributed by atoms with Gasteiger partial charge in [-0.2, -0.15) is 25.5 Å². The van der Waals surface area contributed by atoms with Crippen molar-refractivity contribution in [2.24, 2.45) is 5.92 Å². The van der Waals surface area contributed by atoms with Crippen LogP contribution < -0.4 is 10.1 Å². The average molecular weight is 1780 g/mol. The number of imidazole rings is 6. The van der Waals surface area contributed by atoms with Crippen LogP contribution >= 0.6 is 11.3 Å². The highest BCUT2D eigenvalue weighted by molar-refractivity contribution is 7.15. The van der Waals surface area contributed by atoms with Gasteiger partial charge in [-0.05, 0) is 152 Å². The number of nitrogens with zero attached hydrogens (tertiary/aromatic N) is 18. The lowest BCUT2D eigenvalue weighted by atomic mass is 9.93. The minimum Gasteiger partial charge on any atom is -0.478 e. The molecule has 1 aliphatic carbocycles. The van der Waals surface area contributed by atoms with E-state index in [1.54, 1.807) is 30.1 Å². The summed E-state index contributed by atoms with van der Waals surface area (Å²) in [4.78, 5) is 37.8. The Kier molecular flexibility index (Phi) is 39.2. The van der Waals surface area contributed by atoms with Gasteiger partial charge in [0.05, 0.1) is 114 Å². The van der Waals surface area contributed by atoms with Crippen molar-refractivity contribution in [3.05, 3.63) is 237 Å². The maximum absolute atomic E-state index is 5.45. The number of fused-ring (bicyclic) bond motifs is 10. The van der Waals surface area contributed by atoms with Gasteiger partial charge >= 0.3 is 0 Å². The van der Waals surface area contributed by atoms with Gasteiger partial charge in [-0.1, -0.05) is 183 Å². The van der Waals surface area contributed by atoms with Crippen LogP contribution in [0.15, 0.2) is 139 Å². The van der Waals surface area contributed by atoms with E-state index in [2.05, 4.69) is 293 Å². The summed E-state index contributed by atoms with van der Waals surface area (Å²) in [5, 5.41) is 36.4. The van der Waals surface area contributed by atoms with Crippen LogP contribution in [0.2, 0.25) is 0 Å². The fraction of sp³-hybridized carbons (Fsp3) is 0.535. The summed E-state index contributed by atoms with van der Waals surface area (Å²) in [5.74, 6) is 11.4. The van der Waals surface area contributed by atoms with E-state index in [4.69, 9.17) is 18.7 Å². The molecule has 14 aromatic heterocycles. The van der Waals surface area contributed by atoms with Crippen LogP contribution in [0.1, 0.15) is 353 Å². The minimum absolute atomic E-state index is 0.430. The quantitative estimate of drug-likeness (QED) is 0.0849. The molecule has 0 saturated heterocycles. The second-order valence-corrected chi connectivity index (χ2v) is 38.0. The van der Waals surface area contributed by atoms with Gasteiger partial charge in [-0.25, -0.2) is 39.6 Å². The monoisotopic (exact) mass is 1780 g/mol. The predicted molar refractivity (Wildman–Crippen MR) is 520 cm³/mol. The van der Waals surface area contributed by atoms with Crippen molar-refractivity contribution in [2.75, 3.05) is 26.4 Å². The minimum atomic E-state index is 0.430. The predicted octanol–water partition coefficient (Wildman–Crippen LogP) is 23.0. The van der Waals surface area contributed by atoms with Crippen molar-refractivity contribution in [3.63, 3.8) is 0 Å². The molecule has 5 N–H and O–H groups in total. The zero-order valence-corrected chi connectivity index (χ0v) is 82.1. The van der Waals surface area contributed by atoms with Gasteiger partial charge in [0, 0.05) is 141 Å². The zero-order chi connectivity index (χ0) is 92.6. The summed E-state index contributed by atoms with van der Waals surface area (Å²) in [6.07, 6.45) is 29.5. The largest absolute Gasteiger partial charge is 0.478 e. The van der Waals surface area contributed by atoms with E-state index in [-0.39, 0.29) is 0 Å². The lowest BCUT2D eigenvalue weighted by Crippen LogP contribution is -2.27. The number of hydrogen-bond donors (Lipinski definition) is 5. The third-order valence-electron chi connectivity index (χ3n) is 22.0. The second kappa shape index (κ2) is 50.4. The molecule has 0 radical (unpaired) electrons. The number of aromatic amines is 4. The standard InChI is InChI=1S/C10H16N2.2C10H12N2.C10H16N2.C9H15N3.2C9H14N2O.C9H13NO2.C8H10N2S.C7H10N2.C6H5N3.C4H10/c2*1-8(2)9-7-12-6-4-3-5-10(12)11-9;1-7(2)10-11-8-5-3-4-6-9(8)12-10;1-7(2)10-8-5-3-4-6-9(8)11-12-10;1-7(2)8-6-12-4-3-10-5-9(12)11-8;1-6(2)9-7-5-12-4-3-8(7)10-11-9;1-7(2)8-6-9-11(10-8)4-3-5-12-9;1-6(2)9-7-5-11-4-3-8(7)12-10-9;1-6(2)7-5-10-3-4-11-8(10)9-7;1-6(2)7-4-3-5-8-9-7;1-2-5-6(7-3-1)9-4-8-5;1-4(2)3/h7-8H,3-6H2,1-2H3;3-8H,1-2H3;3-7H,1-2H3,(H,11,12);7H,3-6H2,1-2H3,(H,11,12);6-7,10H,3-5H2,1-2H3;6H,3-5H2,1-2H3,(H,10,11);6-7H,3-5H2,1-2H3;6H,3-5H2,1-2H3;3-6H,1-2H3;3-6H,1-2H3;1-4H,(H,7,8,9);4H,1-3H3. The smallest absolute Gasteiger partial charge is 0.211 e. The molecule has 0 atom stereocenters. The van der Waals surface area contributed by atoms with Gasteiger partial charge in [-0.15, -0.1) is 11.3 Å². The number of para-hydroxylation sites is 2. The van der Waals surface area contributed by atoms with Crippen LogP contribution in [-0.4, -0.2) is 135 Å². The molecular formula is C101H147N23O4S. The maximum Gasteiger partial charge on any atom is 0.211 e. The second-order valence-electron chi connectivity index (χ2n) is 37.2. The molecule has 0 fully saturated rings. The van der Waals surface area contributed by atoms with Crippen molar-refractivity contribution in [2.45, 2.75) is 322 Å². The molecule has 129 heavy (non-hydrogen) atoms. The normalized spacial score (nSPS) is 14.0. The number of aryl methyl sites for hydroxylation is 4. The van der Waals surface area contributed by atoms with E-state index >= 15 is 0 Å². The Bertz CT molecular complexity index is 5150. The van der Waals surface area contributed by atoms with Crippen molar-refractivity contribution in [1.82, 2.24) is 114 Å². The van der Waals surface area contributed by atoms with Crippen molar-refractivity contribution in [1.29, 1.82) is 0 Å². The summed E-state index contributed by atoms with van der Waals surface area (Å²) in [5.41, 5.74) is 22.1. The fourth-order valence-corrected chi connectivity index (χ4v) is 15.3. The molecular weight excluding hydrogens is 1630 g/mol. The van der Waals surface area contributed by atoms with Crippen LogP contribution in [0.5, 0.6) is 5.88 Å². The van der Waals surface area contributed by atoms with Gasteiger partial charge in [0.15, 0.2) is 10.6 Å². The van der Waals surface area contributed by atoms with Gasteiger partial charge in [0.2, 0.25) is 5.88 Å².